The quantitative estimate of drug-likeness (QED) is 0.618. The maximum Gasteiger partial charge on any atom is 0.340 e. The number of nitrogens with one attached hydrogen (secondary N) is 1. The number of esters is 1. The van der Waals surface area contributed by atoms with Crippen molar-refractivity contribution in [3.63, 3.8) is 0 Å². The fourth-order valence-corrected chi connectivity index (χ4v) is 2.10. The molecule has 0 atom stereocenters. The van der Waals surface area contributed by atoms with Crippen molar-refractivity contribution in [1.82, 2.24) is 4.98 Å². The van der Waals surface area contributed by atoms with Gasteiger partial charge in [0.1, 0.15) is 0 Å². The van der Waals surface area contributed by atoms with Crippen molar-refractivity contribution in [3.8, 4) is 0 Å². The van der Waals surface area contributed by atoms with Crippen molar-refractivity contribution in [1.29, 1.82) is 0 Å². The topological polar surface area (TPSA) is 85.4 Å². The highest BCUT2D eigenvalue weighted by Gasteiger charge is 2.12. The summed E-state index contributed by atoms with van der Waals surface area (Å²) < 4.78 is 4.98. The lowest BCUT2D eigenvalue weighted by molar-refractivity contribution is -0.116. The summed E-state index contributed by atoms with van der Waals surface area (Å²) in [7, 11) is 0. The number of hydrogen-bond donors (Lipinski definition) is 1. The Balaban J connectivity index is 1.88. The average Bonchev–Trinajstić information content (AvgIpc) is 2.60. The number of ether oxygens (including phenoxy) is 1. The Morgan fingerprint density at radius 2 is 1.80 bits per heavy atom. The van der Waals surface area contributed by atoms with E-state index in [0.29, 0.717) is 23.2 Å². The van der Waals surface area contributed by atoms with Crippen LogP contribution in [0.15, 0.2) is 48.8 Å². The lowest BCUT2D eigenvalue weighted by Gasteiger charge is -2.08. The van der Waals surface area contributed by atoms with E-state index in [-0.39, 0.29) is 24.2 Å². The van der Waals surface area contributed by atoms with Crippen molar-refractivity contribution < 1.29 is 19.1 Å². The first-order valence-electron chi connectivity index (χ1n) is 7.96. The summed E-state index contributed by atoms with van der Waals surface area (Å²) in [5.74, 6) is -0.717. The Kier molecular flexibility index (Phi) is 6.39. The highest BCUT2D eigenvalue weighted by atomic mass is 16.5. The van der Waals surface area contributed by atoms with Gasteiger partial charge >= 0.3 is 5.97 Å². The Morgan fingerprint density at radius 1 is 1.08 bits per heavy atom. The number of carbonyl (C=O) groups excluding carboxylic acids is 3. The predicted octanol–water partition coefficient (Wildman–Crippen LogP) is 3.11. The second kappa shape index (κ2) is 8.73. The maximum absolute atomic E-state index is 12.1. The van der Waals surface area contributed by atoms with E-state index in [4.69, 9.17) is 4.74 Å². The van der Waals surface area contributed by atoms with Gasteiger partial charge in [0.2, 0.25) is 5.91 Å². The molecule has 1 aromatic heterocycles. The lowest BCUT2D eigenvalue weighted by Crippen LogP contribution is -2.15. The maximum atomic E-state index is 12.1. The molecule has 0 unspecified atom stereocenters. The summed E-state index contributed by atoms with van der Waals surface area (Å²) in [5.41, 5.74) is 1.31. The van der Waals surface area contributed by atoms with Gasteiger partial charge in [-0.05, 0) is 42.3 Å². The van der Waals surface area contributed by atoms with Crippen molar-refractivity contribution >= 4 is 23.3 Å². The van der Waals surface area contributed by atoms with Gasteiger partial charge in [-0.2, -0.15) is 0 Å². The second-order valence-electron chi connectivity index (χ2n) is 5.96. The SMILES string of the molecule is CC(C)CC(=O)Nc1ccc(C(=O)COC(=O)c2cccnc2)cc1. The molecule has 25 heavy (non-hydrogen) atoms. The molecule has 0 saturated heterocycles. The van der Waals surface area contributed by atoms with E-state index in [2.05, 4.69) is 10.3 Å². The summed E-state index contributed by atoms with van der Waals surface area (Å²) >= 11 is 0. The molecule has 1 aromatic carbocycles. The Bertz CT molecular complexity index is 740. The third-order valence-corrected chi connectivity index (χ3v) is 3.32. The molecule has 1 N–H and O–H groups in total. The van der Waals surface area contributed by atoms with Gasteiger partial charge in [0, 0.05) is 30.1 Å². The molecule has 0 aliphatic rings. The first-order chi connectivity index (χ1) is 12.0. The molecular weight excluding hydrogens is 320 g/mol. The zero-order valence-corrected chi connectivity index (χ0v) is 14.2. The largest absolute Gasteiger partial charge is 0.454 e. The fraction of sp³-hybridized carbons (Fsp3) is 0.263. The van der Waals surface area contributed by atoms with Crippen LogP contribution in [0.5, 0.6) is 0 Å². The standard InChI is InChI=1S/C19H20N2O4/c1-13(2)10-18(23)21-16-7-5-14(6-8-16)17(22)12-25-19(24)15-4-3-9-20-11-15/h3-9,11,13H,10,12H2,1-2H3,(H,21,23). The smallest absolute Gasteiger partial charge is 0.340 e. The van der Waals surface area contributed by atoms with Gasteiger partial charge in [0.15, 0.2) is 12.4 Å². The summed E-state index contributed by atoms with van der Waals surface area (Å²) in [6, 6.07) is 9.65. The Morgan fingerprint density at radius 3 is 2.40 bits per heavy atom. The molecule has 0 aliphatic carbocycles. The normalized spacial score (nSPS) is 10.4. The monoisotopic (exact) mass is 340 g/mol. The highest BCUT2D eigenvalue weighted by molar-refractivity contribution is 6.00. The number of hydrogen-bond acceptors (Lipinski definition) is 5. The van der Waals surface area contributed by atoms with E-state index in [1.165, 1.54) is 6.20 Å². The number of pyridine rings is 1. The molecule has 0 spiro atoms. The van der Waals surface area contributed by atoms with E-state index in [1.807, 2.05) is 13.8 Å². The van der Waals surface area contributed by atoms with Gasteiger partial charge < -0.3 is 10.1 Å². The van der Waals surface area contributed by atoms with Crippen LogP contribution in [-0.2, 0) is 9.53 Å². The van der Waals surface area contributed by atoms with E-state index in [9.17, 15) is 14.4 Å². The van der Waals surface area contributed by atoms with Crippen LogP contribution in [0, 0.1) is 5.92 Å². The van der Waals surface area contributed by atoms with E-state index >= 15 is 0 Å². The van der Waals surface area contributed by atoms with Crippen molar-refractivity contribution in [2.24, 2.45) is 5.92 Å². The molecular formula is C19H20N2O4. The zero-order chi connectivity index (χ0) is 18.2. The molecule has 6 heteroatoms. The van der Waals surface area contributed by atoms with Gasteiger partial charge in [0.25, 0.3) is 0 Å². The number of ketones is 1. The number of nitrogens with zero attached hydrogens (tertiary/aromatic N) is 1. The van der Waals surface area contributed by atoms with Crippen LogP contribution in [0.25, 0.3) is 0 Å². The average molecular weight is 340 g/mol. The summed E-state index contributed by atoms with van der Waals surface area (Å²) in [4.78, 5) is 39.4. The predicted molar refractivity (Wildman–Crippen MR) is 93.4 cm³/mol. The van der Waals surface area contributed by atoms with Crippen LogP contribution in [0.2, 0.25) is 0 Å². The van der Waals surface area contributed by atoms with Crippen LogP contribution >= 0.6 is 0 Å². The third-order valence-electron chi connectivity index (χ3n) is 3.32. The minimum atomic E-state index is -0.598. The van der Waals surface area contributed by atoms with Crippen molar-refractivity contribution in [2.75, 3.05) is 11.9 Å². The number of carbonyl (C=O) groups is 3. The van der Waals surface area contributed by atoms with Crippen LogP contribution in [0.4, 0.5) is 5.69 Å². The van der Waals surface area contributed by atoms with E-state index < -0.39 is 5.97 Å². The van der Waals surface area contributed by atoms with Crippen molar-refractivity contribution in [2.45, 2.75) is 20.3 Å². The molecule has 0 bridgehead atoms. The zero-order valence-electron chi connectivity index (χ0n) is 14.2. The summed E-state index contributed by atoms with van der Waals surface area (Å²) in [6.45, 7) is 3.58. The molecule has 0 radical (unpaired) electrons. The van der Waals surface area contributed by atoms with Gasteiger partial charge in [-0.25, -0.2) is 4.79 Å². The Labute approximate surface area is 146 Å². The number of amides is 1. The Hall–Kier alpha value is -3.02. The summed E-state index contributed by atoms with van der Waals surface area (Å²) in [6.07, 6.45) is 3.36. The van der Waals surface area contributed by atoms with E-state index in [0.717, 1.165) is 0 Å². The molecule has 0 fully saturated rings. The molecule has 1 amide bonds. The molecule has 2 aromatic rings. The molecule has 0 aliphatic heterocycles. The highest BCUT2D eigenvalue weighted by Crippen LogP contribution is 2.12. The van der Waals surface area contributed by atoms with Crippen LogP contribution < -0.4 is 5.32 Å². The molecule has 0 saturated carbocycles. The number of aromatic nitrogens is 1. The van der Waals surface area contributed by atoms with Gasteiger partial charge in [-0.3, -0.25) is 14.6 Å². The van der Waals surface area contributed by atoms with Crippen molar-refractivity contribution in [3.05, 3.63) is 59.9 Å². The summed E-state index contributed by atoms with van der Waals surface area (Å²) in [5, 5.41) is 2.77. The van der Waals surface area contributed by atoms with Crippen LogP contribution in [0.3, 0.4) is 0 Å². The number of benzene rings is 1. The number of Topliss-reactive ketones (excluding diaryl/α,β-unsaturated/α-hetero) is 1. The number of rotatable bonds is 7. The number of anilines is 1. The molecule has 6 nitrogen and oxygen atoms in total. The first-order valence-corrected chi connectivity index (χ1v) is 7.96. The molecule has 2 rings (SSSR count). The molecule has 130 valence electrons. The minimum Gasteiger partial charge on any atom is -0.454 e. The van der Waals surface area contributed by atoms with Crippen LogP contribution in [0.1, 0.15) is 41.0 Å². The second-order valence-corrected chi connectivity index (χ2v) is 5.96. The van der Waals surface area contributed by atoms with Gasteiger partial charge in [-0.15, -0.1) is 0 Å². The first kappa shape index (κ1) is 18.3. The fourth-order valence-electron chi connectivity index (χ4n) is 2.10. The third kappa shape index (κ3) is 5.84. The van der Waals surface area contributed by atoms with Gasteiger partial charge in [0.05, 0.1) is 5.56 Å². The van der Waals surface area contributed by atoms with E-state index in [1.54, 1.807) is 42.6 Å². The van der Waals surface area contributed by atoms with Crippen LogP contribution in [-0.4, -0.2) is 29.3 Å². The van der Waals surface area contributed by atoms with Gasteiger partial charge in [-0.1, -0.05) is 13.8 Å². The minimum absolute atomic E-state index is 0.0699. The molecule has 1 heterocycles. The lowest BCUT2D eigenvalue weighted by atomic mass is 10.1.